The number of nitrogens with zero attached hydrogens (tertiary/aromatic N) is 2. The quantitative estimate of drug-likeness (QED) is 0.901. The summed E-state index contributed by atoms with van der Waals surface area (Å²) in [6.07, 6.45) is 2.01. The van der Waals surface area contributed by atoms with Crippen LogP contribution in [0.15, 0.2) is 36.5 Å². The van der Waals surface area contributed by atoms with Gasteiger partial charge in [-0.05, 0) is 32.3 Å². The topological polar surface area (TPSA) is 29.9 Å². The Hall–Kier alpha value is -1.61. The molecular formula is C18H27N3. The fraction of sp³-hybridized carbons (Fsp3) is 0.500. The Morgan fingerprint density at radius 1 is 1.14 bits per heavy atom. The molecule has 0 saturated carbocycles. The van der Waals surface area contributed by atoms with Crippen LogP contribution in [0, 0.1) is 0 Å². The molecular weight excluding hydrogens is 258 g/mol. The van der Waals surface area contributed by atoms with E-state index in [1.807, 2.05) is 6.20 Å². The van der Waals surface area contributed by atoms with Gasteiger partial charge in [-0.3, -0.25) is 4.68 Å². The van der Waals surface area contributed by atoms with Crippen molar-refractivity contribution in [2.24, 2.45) is 0 Å². The summed E-state index contributed by atoms with van der Waals surface area (Å²) in [5, 5.41) is 8.17. The molecule has 21 heavy (non-hydrogen) atoms. The van der Waals surface area contributed by atoms with E-state index >= 15 is 0 Å². The highest BCUT2D eigenvalue weighted by atomic mass is 15.3. The molecule has 0 radical (unpaired) electrons. The minimum Gasteiger partial charge on any atom is -0.308 e. The normalized spacial score (nSPS) is 12.1. The smallest absolute Gasteiger partial charge is 0.0662 e. The Bertz CT molecular complexity index is 562. The fourth-order valence-corrected chi connectivity index (χ4v) is 2.48. The predicted molar refractivity (Wildman–Crippen MR) is 88.5 cm³/mol. The molecule has 0 aliphatic carbocycles. The minimum absolute atomic E-state index is 0.121. The van der Waals surface area contributed by atoms with Crippen molar-refractivity contribution in [2.45, 2.75) is 59.2 Å². The van der Waals surface area contributed by atoms with Gasteiger partial charge in [-0.2, -0.15) is 5.10 Å². The zero-order chi connectivity index (χ0) is 15.5. The molecule has 0 aliphatic heterocycles. The number of nitrogens with one attached hydrogen (secondary N) is 1. The Balaban J connectivity index is 2.20. The maximum absolute atomic E-state index is 4.61. The van der Waals surface area contributed by atoms with E-state index in [-0.39, 0.29) is 5.54 Å². The zero-order valence-electron chi connectivity index (χ0n) is 13.9. The molecule has 114 valence electrons. The van der Waals surface area contributed by atoms with E-state index in [9.17, 15) is 0 Å². The molecule has 0 aliphatic rings. The maximum Gasteiger partial charge on any atom is 0.0662 e. The van der Waals surface area contributed by atoms with Gasteiger partial charge in [0.15, 0.2) is 0 Å². The van der Waals surface area contributed by atoms with E-state index < -0.39 is 0 Å². The third-order valence-corrected chi connectivity index (χ3v) is 3.49. The third kappa shape index (κ3) is 4.43. The average molecular weight is 285 g/mol. The SMILES string of the molecule is CC(C)c1c(CNC(C)(C)C)cnn1Cc1ccccc1. The van der Waals surface area contributed by atoms with Crippen LogP contribution >= 0.6 is 0 Å². The molecule has 1 aromatic heterocycles. The van der Waals surface area contributed by atoms with Crippen LogP contribution in [-0.2, 0) is 13.1 Å². The van der Waals surface area contributed by atoms with E-state index in [2.05, 4.69) is 80.0 Å². The second-order valence-corrected chi connectivity index (χ2v) is 6.96. The van der Waals surface area contributed by atoms with Crippen LogP contribution in [0.3, 0.4) is 0 Å². The summed E-state index contributed by atoms with van der Waals surface area (Å²) >= 11 is 0. The van der Waals surface area contributed by atoms with Crippen molar-refractivity contribution in [3.63, 3.8) is 0 Å². The van der Waals surface area contributed by atoms with Crippen LogP contribution < -0.4 is 5.32 Å². The molecule has 1 N–H and O–H groups in total. The van der Waals surface area contributed by atoms with Crippen LogP contribution in [0.1, 0.15) is 57.4 Å². The van der Waals surface area contributed by atoms with Gasteiger partial charge in [0.2, 0.25) is 0 Å². The average Bonchev–Trinajstić information content (AvgIpc) is 2.80. The van der Waals surface area contributed by atoms with Crippen molar-refractivity contribution < 1.29 is 0 Å². The summed E-state index contributed by atoms with van der Waals surface area (Å²) in [4.78, 5) is 0. The summed E-state index contributed by atoms with van der Waals surface area (Å²) in [7, 11) is 0. The number of hydrogen-bond acceptors (Lipinski definition) is 2. The second-order valence-electron chi connectivity index (χ2n) is 6.96. The van der Waals surface area contributed by atoms with E-state index in [0.717, 1.165) is 13.1 Å². The Morgan fingerprint density at radius 2 is 1.81 bits per heavy atom. The standard InChI is InChI=1S/C18H27N3/c1-14(2)17-16(11-19-18(3,4)5)12-20-21(17)13-15-9-7-6-8-10-15/h6-10,12,14,19H,11,13H2,1-5H3. The summed E-state index contributed by atoms with van der Waals surface area (Å²) in [5.74, 6) is 0.466. The van der Waals surface area contributed by atoms with E-state index in [1.54, 1.807) is 0 Å². The van der Waals surface area contributed by atoms with Crippen LogP contribution in [0.25, 0.3) is 0 Å². The van der Waals surface area contributed by atoms with E-state index in [1.165, 1.54) is 16.8 Å². The highest BCUT2D eigenvalue weighted by Crippen LogP contribution is 2.21. The Labute approximate surface area is 128 Å². The van der Waals surface area contributed by atoms with Crippen molar-refractivity contribution in [2.75, 3.05) is 0 Å². The van der Waals surface area contributed by atoms with Gasteiger partial charge in [-0.1, -0.05) is 44.2 Å². The summed E-state index contributed by atoms with van der Waals surface area (Å²) in [5.41, 5.74) is 4.04. The molecule has 0 unspecified atom stereocenters. The van der Waals surface area contributed by atoms with Crippen LogP contribution in [-0.4, -0.2) is 15.3 Å². The molecule has 0 saturated heterocycles. The summed E-state index contributed by atoms with van der Waals surface area (Å²) in [6, 6.07) is 10.5. The summed E-state index contributed by atoms with van der Waals surface area (Å²) in [6.45, 7) is 12.7. The number of aromatic nitrogens is 2. The maximum atomic E-state index is 4.61. The molecule has 3 heteroatoms. The van der Waals surface area contributed by atoms with Crippen molar-refractivity contribution in [3.8, 4) is 0 Å². The van der Waals surface area contributed by atoms with Crippen LogP contribution in [0.5, 0.6) is 0 Å². The van der Waals surface area contributed by atoms with Gasteiger partial charge in [0.25, 0.3) is 0 Å². The van der Waals surface area contributed by atoms with Gasteiger partial charge in [0.05, 0.1) is 12.7 Å². The first-order valence-corrected chi connectivity index (χ1v) is 7.70. The third-order valence-electron chi connectivity index (χ3n) is 3.49. The van der Waals surface area contributed by atoms with E-state index in [4.69, 9.17) is 0 Å². The monoisotopic (exact) mass is 285 g/mol. The molecule has 1 aromatic carbocycles. The van der Waals surface area contributed by atoms with Crippen molar-refractivity contribution in [1.82, 2.24) is 15.1 Å². The first kappa shape index (κ1) is 15.8. The molecule has 2 aromatic rings. The van der Waals surface area contributed by atoms with Gasteiger partial charge in [-0.15, -0.1) is 0 Å². The fourth-order valence-electron chi connectivity index (χ4n) is 2.48. The second kappa shape index (κ2) is 6.44. The highest BCUT2D eigenvalue weighted by Gasteiger charge is 2.16. The number of rotatable bonds is 5. The van der Waals surface area contributed by atoms with E-state index in [0.29, 0.717) is 5.92 Å². The zero-order valence-corrected chi connectivity index (χ0v) is 13.9. The van der Waals surface area contributed by atoms with Gasteiger partial charge >= 0.3 is 0 Å². The molecule has 0 fully saturated rings. The lowest BCUT2D eigenvalue weighted by atomic mass is 10.0. The first-order chi connectivity index (χ1) is 9.87. The van der Waals surface area contributed by atoms with Crippen molar-refractivity contribution in [3.05, 3.63) is 53.3 Å². The lowest BCUT2D eigenvalue weighted by molar-refractivity contribution is 0.422. The Kier molecular flexibility index (Phi) is 4.84. The molecule has 0 amide bonds. The highest BCUT2D eigenvalue weighted by molar-refractivity contribution is 5.23. The number of benzene rings is 1. The first-order valence-electron chi connectivity index (χ1n) is 7.70. The minimum atomic E-state index is 0.121. The largest absolute Gasteiger partial charge is 0.308 e. The molecule has 2 rings (SSSR count). The lowest BCUT2D eigenvalue weighted by Gasteiger charge is -2.21. The van der Waals surface area contributed by atoms with Gasteiger partial charge < -0.3 is 5.32 Å². The molecule has 0 bridgehead atoms. The van der Waals surface area contributed by atoms with Crippen molar-refractivity contribution >= 4 is 0 Å². The molecule has 3 nitrogen and oxygen atoms in total. The van der Waals surface area contributed by atoms with Crippen molar-refractivity contribution in [1.29, 1.82) is 0 Å². The molecule has 1 heterocycles. The predicted octanol–water partition coefficient (Wildman–Crippen LogP) is 3.94. The summed E-state index contributed by atoms with van der Waals surface area (Å²) < 4.78 is 2.14. The van der Waals surface area contributed by atoms with Gasteiger partial charge in [0.1, 0.15) is 0 Å². The molecule has 0 spiro atoms. The van der Waals surface area contributed by atoms with Gasteiger partial charge in [0, 0.05) is 23.3 Å². The Morgan fingerprint density at radius 3 is 2.38 bits per heavy atom. The molecule has 0 atom stereocenters. The van der Waals surface area contributed by atoms with Gasteiger partial charge in [-0.25, -0.2) is 0 Å². The van der Waals surface area contributed by atoms with Crippen LogP contribution in [0.4, 0.5) is 0 Å². The number of hydrogen-bond donors (Lipinski definition) is 1. The van der Waals surface area contributed by atoms with Crippen LogP contribution in [0.2, 0.25) is 0 Å². The lowest BCUT2D eigenvalue weighted by Crippen LogP contribution is -2.35.